The third-order valence-corrected chi connectivity index (χ3v) is 5.34. The first-order valence-corrected chi connectivity index (χ1v) is 9.96. The maximum Gasteiger partial charge on any atom is 0.422 e. The van der Waals surface area contributed by atoms with E-state index in [2.05, 4.69) is 20.4 Å². The molecule has 4 rings (SSSR count). The molecule has 0 saturated heterocycles. The van der Waals surface area contributed by atoms with Crippen LogP contribution in [-0.2, 0) is 5.54 Å². The highest BCUT2D eigenvalue weighted by Crippen LogP contribution is 2.44. The Kier molecular flexibility index (Phi) is 5.19. The summed E-state index contributed by atoms with van der Waals surface area (Å²) >= 11 is 0. The molecule has 2 aromatic rings. The first kappa shape index (κ1) is 20.6. The van der Waals surface area contributed by atoms with Gasteiger partial charge in [0.05, 0.1) is 0 Å². The van der Waals surface area contributed by atoms with Crippen LogP contribution in [0.15, 0.2) is 16.8 Å². The lowest BCUT2D eigenvalue weighted by Crippen LogP contribution is -2.45. The first-order valence-electron chi connectivity index (χ1n) is 9.96. The Bertz CT molecular complexity index is 938. The minimum absolute atomic E-state index is 0.0150. The van der Waals surface area contributed by atoms with Crippen LogP contribution in [0, 0.1) is 12.8 Å². The Morgan fingerprint density at radius 1 is 1.30 bits per heavy atom. The van der Waals surface area contributed by atoms with Gasteiger partial charge in [0.15, 0.2) is 12.4 Å². The van der Waals surface area contributed by atoms with Crippen molar-refractivity contribution in [3.05, 3.63) is 35.2 Å². The number of rotatable bonds is 8. The second kappa shape index (κ2) is 7.55. The molecule has 0 unspecified atom stereocenters. The topological polar surface area (TPSA) is 90.1 Å². The van der Waals surface area contributed by atoms with Crippen LogP contribution in [-0.4, -0.2) is 33.8 Å². The van der Waals surface area contributed by atoms with Gasteiger partial charge in [0.1, 0.15) is 17.0 Å². The van der Waals surface area contributed by atoms with Crippen LogP contribution >= 0.6 is 0 Å². The van der Waals surface area contributed by atoms with Crippen molar-refractivity contribution in [1.82, 2.24) is 20.4 Å². The molecule has 1 N–H and O–H groups in total. The van der Waals surface area contributed by atoms with E-state index >= 15 is 0 Å². The van der Waals surface area contributed by atoms with Gasteiger partial charge in [-0.15, -0.1) is 0 Å². The highest BCUT2D eigenvalue weighted by Gasteiger charge is 2.40. The molecular weight excluding hydrogens is 401 g/mol. The van der Waals surface area contributed by atoms with Gasteiger partial charge in [-0.25, -0.2) is 0 Å². The maximum absolute atomic E-state index is 13.0. The Hall–Kier alpha value is -2.65. The van der Waals surface area contributed by atoms with Crippen LogP contribution in [0.4, 0.5) is 13.2 Å². The van der Waals surface area contributed by atoms with Gasteiger partial charge < -0.3 is 14.6 Å². The summed E-state index contributed by atoms with van der Waals surface area (Å²) in [5.41, 5.74) is -0.288. The third kappa shape index (κ3) is 4.91. The summed E-state index contributed by atoms with van der Waals surface area (Å²) < 4.78 is 48.0. The number of carbonyl (C=O) groups is 1. The highest BCUT2D eigenvalue weighted by atomic mass is 19.4. The number of ether oxygens (including phenoxy) is 1. The molecule has 2 saturated carbocycles. The lowest BCUT2D eigenvalue weighted by Gasteiger charge is -2.27. The number of hydrogen-bond donors (Lipinski definition) is 1. The minimum Gasteiger partial charge on any atom is -0.484 e. The predicted octanol–water partition coefficient (Wildman–Crippen LogP) is 4.04. The summed E-state index contributed by atoms with van der Waals surface area (Å²) in [5, 5.41) is 6.87. The molecule has 2 fully saturated rings. The molecule has 0 aromatic carbocycles. The number of aromatic nitrogens is 3. The molecule has 0 aliphatic heterocycles. The molecule has 7 nitrogen and oxygen atoms in total. The van der Waals surface area contributed by atoms with Crippen LogP contribution in [0.1, 0.15) is 72.7 Å². The van der Waals surface area contributed by atoms with Gasteiger partial charge in [-0.05, 0) is 38.0 Å². The Balaban J connectivity index is 1.56. The fourth-order valence-electron chi connectivity index (χ4n) is 3.49. The van der Waals surface area contributed by atoms with Gasteiger partial charge in [-0.1, -0.05) is 18.0 Å². The molecule has 2 aliphatic carbocycles. The summed E-state index contributed by atoms with van der Waals surface area (Å²) in [6, 6.07) is 1.29. The number of nitrogens with zero attached hydrogens (tertiary/aromatic N) is 3. The molecule has 10 heteroatoms. The van der Waals surface area contributed by atoms with E-state index < -0.39 is 24.2 Å². The van der Waals surface area contributed by atoms with E-state index in [9.17, 15) is 18.0 Å². The fraction of sp³-hybridized carbons (Fsp3) is 0.600. The molecular formula is C20H23F3N4O3. The van der Waals surface area contributed by atoms with Crippen LogP contribution < -0.4 is 10.1 Å². The van der Waals surface area contributed by atoms with Gasteiger partial charge in [0.2, 0.25) is 5.89 Å². The van der Waals surface area contributed by atoms with Crippen molar-refractivity contribution in [2.24, 2.45) is 5.92 Å². The number of halogens is 3. The quantitative estimate of drug-likeness (QED) is 0.688. The SMILES string of the molecule is Cc1nc([C@@](C)(CC2CC2)NC(=O)c2cc(OCC(F)(F)F)c(C3CC3)cn2)no1. The van der Waals surface area contributed by atoms with Crippen LogP contribution in [0.5, 0.6) is 5.75 Å². The van der Waals surface area contributed by atoms with E-state index in [-0.39, 0.29) is 17.4 Å². The zero-order chi connectivity index (χ0) is 21.5. The van der Waals surface area contributed by atoms with E-state index in [1.165, 1.54) is 12.3 Å². The minimum atomic E-state index is -4.47. The van der Waals surface area contributed by atoms with Crippen molar-refractivity contribution in [3.8, 4) is 5.75 Å². The molecule has 0 radical (unpaired) electrons. The van der Waals surface area contributed by atoms with Crippen molar-refractivity contribution < 1.29 is 27.2 Å². The molecule has 162 valence electrons. The van der Waals surface area contributed by atoms with Crippen molar-refractivity contribution in [1.29, 1.82) is 0 Å². The largest absolute Gasteiger partial charge is 0.484 e. The normalized spacial score (nSPS) is 18.7. The number of hydrogen-bond acceptors (Lipinski definition) is 6. The number of carbonyl (C=O) groups excluding carboxylic acids is 1. The molecule has 2 heterocycles. The standard InChI is InChI=1S/C20H23F3N4O3/c1-11-25-18(27-30-11)19(2,8-12-3-4-12)26-17(28)15-7-16(29-10-20(21,22)23)14(9-24-15)13-5-6-13/h7,9,12-13H,3-6,8,10H2,1-2H3,(H,26,28)/t19-/m1/s1. The number of amides is 1. The monoisotopic (exact) mass is 424 g/mol. The Morgan fingerprint density at radius 3 is 2.60 bits per heavy atom. The zero-order valence-corrected chi connectivity index (χ0v) is 16.8. The number of aryl methyl sites for hydroxylation is 1. The van der Waals surface area contributed by atoms with Crippen LogP contribution in [0.2, 0.25) is 0 Å². The lowest BCUT2D eigenvalue weighted by molar-refractivity contribution is -0.153. The van der Waals surface area contributed by atoms with Gasteiger partial charge in [-0.2, -0.15) is 18.2 Å². The van der Waals surface area contributed by atoms with E-state index in [1.807, 2.05) is 6.92 Å². The van der Waals surface area contributed by atoms with Gasteiger partial charge in [0.25, 0.3) is 5.91 Å². The number of nitrogens with one attached hydrogen (secondary N) is 1. The molecule has 2 aromatic heterocycles. The highest BCUT2D eigenvalue weighted by molar-refractivity contribution is 5.93. The summed E-state index contributed by atoms with van der Waals surface area (Å²) in [4.78, 5) is 21.4. The van der Waals surface area contributed by atoms with Crippen LogP contribution in [0.3, 0.4) is 0 Å². The average molecular weight is 424 g/mol. The molecule has 1 amide bonds. The second-order valence-corrected chi connectivity index (χ2v) is 8.36. The molecule has 30 heavy (non-hydrogen) atoms. The Labute approximate surface area is 171 Å². The second-order valence-electron chi connectivity index (χ2n) is 8.36. The summed E-state index contributed by atoms with van der Waals surface area (Å²) in [6.45, 7) is 2.06. The van der Waals surface area contributed by atoms with Crippen molar-refractivity contribution in [3.63, 3.8) is 0 Å². The third-order valence-electron chi connectivity index (χ3n) is 5.34. The first-order chi connectivity index (χ1) is 14.1. The molecule has 0 spiro atoms. The fourth-order valence-corrected chi connectivity index (χ4v) is 3.49. The summed E-state index contributed by atoms with van der Waals surface area (Å²) in [6.07, 6.45) is 1.47. The smallest absolute Gasteiger partial charge is 0.422 e. The van der Waals surface area contributed by atoms with E-state index in [4.69, 9.17) is 9.26 Å². The zero-order valence-electron chi connectivity index (χ0n) is 16.8. The predicted molar refractivity (Wildman–Crippen MR) is 99.0 cm³/mol. The van der Waals surface area contributed by atoms with Crippen molar-refractivity contribution in [2.75, 3.05) is 6.61 Å². The molecule has 2 aliphatic rings. The van der Waals surface area contributed by atoms with E-state index in [0.717, 1.165) is 25.7 Å². The number of pyridine rings is 1. The lowest BCUT2D eigenvalue weighted by atomic mass is 9.93. The molecule has 1 atom stereocenters. The van der Waals surface area contributed by atoms with Crippen molar-refractivity contribution >= 4 is 5.91 Å². The van der Waals surface area contributed by atoms with Gasteiger partial charge in [0, 0.05) is 24.8 Å². The van der Waals surface area contributed by atoms with Crippen molar-refractivity contribution in [2.45, 2.75) is 63.6 Å². The van der Waals surface area contributed by atoms with Crippen LogP contribution in [0.25, 0.3) is 0 Å². The van der Waals surface area contributed by atoms with E-state index in [0.29, 0.717) is 29.6 Å². The molecule has 0 bridgehead atoms. The average Bonchev–Trinajstić information content (AvgIpc) is 3.59. The van der Waals surface area contributed by atoms with Gasteiger partial charge >= 0.3 is 6.18 Å². The Morgan fingerprint density at radius 2 is 2.03 bits per heavy atom. The summed E-state index contributed by atoms with van der Waals surface area (Å²) in [5.74, 6) is 0.846. The maximum atomic E-state index is 13.0. The van der Waals surface area contributed by atoms with Gasteiger partial charge in [-0.3, -0.25) is 9.78 Å². The van der Waals surface area contributed by atoms with E-state index in [1.54, 1.807) is 6.92 Å². The number of alkyl halides is 3. The summed E-state index contributed by atoms with van der Waals surface area (Å²) in [7, 11) is 0.